The normalized spacial score (nSPS) is 10.6. The Kier molecular flexibility index (Phi) is 6.14. The third-order valence-corrected chi connectivity index (χ3v) is 3.63. The van der Waals surface area contributed by atoms with Gasteiger partial charge in [0.05, 0.1) is 5.69 Å². The Morgan fingerprint density at radius 3 is 2.71 bits per heavy atom. The van der Waals surface area contributed by atoms with Gasteiger partial charge in [0.1, 0.15) is 0 Å². The molecule has 112 valence electrons. The van der Waals surface area contributed by atoms with Crippen molar-refractivity contribution >= 4 is 21.7 Å². The van der Waals surface area contributed by atoms with Gasteiger partial charge in [0.25, 0.3) is 0 Å². The van der Waals surface area contributed by atoms with Crippen LogP contribution in [0.2, 0.25) is 0 Å². The quantitative estimate of drug-likeness (QED) is 0.778. The van der Waals surface area contributed by atoms with Crippen LogP contribution in [0.25, 0.3) is 0 Å². The highest BCUT2D eigenvalue weighted by Gasteiger charge is 2.05. The minimum atomic E-state index is 0.774. The third-order valence-electron chi connectivity index (χ3n) is 3.14. The van der Waals surface area contributed by atoms with Crippen molar-refractivity contribution in [3.05, 3.63) is 52.1 Å². The lowest BCUT2D eigenvalue weighted by molar-refractivity contribution is 0.656. The van der Waals surface area contributed by atoms with Crippen molar-refractivity contribution in [3.8, 4) is 0 Å². The topological polar surface area (TPSA) is 41.0 Å². The molecule has 0 saturated carbocycles. The average Bonchev–Trinajstić information content (AvgIpc) is 2.48. The molecule has 1 N–H and O–H groups in total. The molecule has 0 unspecified atom stereocenters. The van der Waals surface area contributed by atoms with Gasteiger partial charge in [0.15, 0.2) is 5.82 Å². The highest BCUT2D eigenvalue weighted by atomic mass is 79.9. The molecule has 0 radical (unpaired) electrons. The second kappa shape index (κ2) is 8.10. The van der Waals surface area contributed by atoms with E-state index in [0.29, 0.717) is 0 Å². The summed E-state index contributed by atoms with van der Waals surface area (Å²) in [5.74, 6) is 0.884. The molecule has 0 aliphatic heterocycles. The second-order valence-electron chi connectivity index (χ2n) is 5.05. The lowest BCUT2D eigenvalue weighted by atomic mass is 10.2. The van der Waals surface area contributed by atoms with E-state index >= 15 is 0 Å². The number of halogens is 1. The third kappa shape index (κ3) is 5.10. The van der Waals surface area contributed by atoms with Crippen molar-refractivity contribution in [2.45, 2.75) is 26.4 Å². The summed E-state index contributed by atoms with van der Waals surface area (Å²) in [6.45, 7) is 4.74. The molecule has 2 aromatic rings. The highest BCUT2D eigenvalue weighted by Crippen LogP contribution is 2.15. The number of benzene rings is 1. The van der Waals surface area contributed by atoms with Gasteiger partial charge in [-0.1, -0.05) is 35.0 Å². The van der Waals surface area contributed by atoms with Gasteiger partial charge < -0.3 is 10.2 Å². The van der Waals surface area contributed by atoms with Crippen molar-refractivity contribution in [1.29, 1.82) is 0 Å². The maximum atomic E-state index is 4.30. The van der Waals surface area contributed by atoms with Crippen molar-refractivity contribution < 1.29 is 0 Å². The van der Waals surface area contributed by atoms with Crippen LogP contribution in [0, 0.1) is 0 Å². The van der Waals surface area contributed by atoms with Gasteiger partial charge in [0.2, 0.25) is 0 Å². The zero-order chi connectivity index (χ0) is 15.1. The Hall–Kier alpha value is -1.46. The van der Waals surface area contributed by atoms with E-state index in [9.17, 15) is 0 Å². The largest absolute Gasteiger partial charge is 0.354 e. The molecule has 5 heteroatoms. The lowest BCUT2D eigenvalue weighted by Crippen LogP contribution is -2.19. The van der Waals surface area contributed by atoms with E-state index < -0.39 is 0 Å². The number of hydrogen-bond acceptors (Lipinski definition) is 4. The predicted molar refractivity (Wildman–Crippen MR) is 90.3 cm³/mol. The molecule has 4 nitrogen and oxygen atoms in total. The van der Waals surface area contributed by atoms with Crippen LogP contribution in [0.5, 0.6) is 0 Å². The van der Waals surface area contributed by atoms with Gasteiger partial charge in [-0.15, -0.1) is 5.10 Å². The number of anilines is 1. The van der Waals surface area contributed by atoms with E-state index in [4.69, 9.17) is 0 Å². The SMILES string of the molecule is CCCNCc1ccc(N(C)Cc2cccc(Br)c2)nn1. The van der Waals surface area contributed by atoms with Crippen LogP contribution in [0.1, 0.15) is 24.6 Å². The van der Waals surface area contributed by atoms with Gasteiger partial charge in [-0.05, 0) is 42.8 Å². The summed E-state index contributed by atoms with van der Waals surface area (Å²) in [6, 6.07) is 12.4. The zero-order valence-corrected chi connectivity index (χ0v) is 14.1. The minimum Gasteiger partial charge on any atom is -0.354 e. The van der Waals surface area contributed by atoms with E-state index in [0.717, 1.165) is 42.0 Å². The van der Waals surface area contributed by atoms with E-state index in [-0.39, 0.29) is 0 Å². The molecular weight excluding hydrogens is 328 g/mol. The fourth-order valence-electron chi connectivity index (χ4n) is 2.03. The maximum absolute atomic E-state index is 4.30. The average molecular weight is 349 g/mol. The number of nitrogens with zero attached hydrogens (tertiary/aromatic N) is 3. The lowest BCUT2D eigenvalue weighted by Gasteiger charge is -2.18. The Bertz CT molecular complexity index is 556. The van der Waals surface area contributed by atoms with Crippen molar-refractivity contribution in [2.24, 2.45) is 0 Å². The van der Waals surface area contributed by atoms with Gasteiger partial charge in [-0.25, -0.2) is 0 Å². The molecule has 0 aliphatic carbocycles. The predicted octanol–water partition coefficient (Wildman–Crippen LogP) is 3.38. The first-order valence-electron chi connectivity index (χ1n) is 7.18. The summed E-state index contributed by atoms with van der Waals surface area (Å²) in [5, 5.41) is 11.9. The monoisotopic (exact) mass is 348 g/mol. The Balaban J connectivity index is 1.94. The fraction of sp³-hybridized carbons (Fsp3) is 0.375. The number of nitrogens with one attached hydrogen (secondary N) is 1. The first kappa shape index (κ1) is 15.9. The second-order valence-corrected chi connectivity index (χ2v) is 5.96. The first-order chi connectivity index (χ1) is 10.2. The molecule has 2 rings (SSSR count). The van der Waals surface area contributed by atoms with E-state index in [1.54, 1.807) is 0 Å². The molecule has 21 heavy (non-hydrogen) atoms. The highest BCUT2D eigenvalue weighted by molar-refractivity contribution is 9.10. The Morgan fingerprint density at radius 2 is 2.05 bits per heavy atom. The van der Waals surface area contributed by atoms with Crippen LogP contribution in [0.4, 0.5) is 5.82 Å². The Morgan fingerprint density at radius 1 is 1.19 bits per heavy atom. The fourth-order valence-corrected chi connectivity index (χ4v) is 2.48. The summed E-state index contributed by atoms with van der Waals surface area (Å²) in [4.78, 5) is 2.10. The van der Waals surface area contributed by atoms with Gasteiger partial charge in [0, 0.05) is 24.6 Å². The summed E-state index contributed by atoms with van der Waals surface area (Å²) < 4.78 is 1.09. The molecular formula is C16H21BrN4. The molecule has 0 atom stereocenters. The number of hydrogen-bond donors (Lipinski definition) is 1. The summed E-state index contributed by atoms with van der Waals surface area (Å²) >= 11 is 3.49. The number of aromatic nitrogens is 2. The van der Waals surface area contributed by atoms with Gasteiger partial charge in [-0.2, -0.15) is 5.10 Å². The first-order valence-corrected chi connectivity index (χ1v) is 7.97. The van der Waals surface area contributed by atoms with Crippen molar-refractivity contribution in [3.63, 3.8) is 0 Å². The van der Waals surface area contributed by atoms with E-state index in [1.807, 2.05) is 31.3 Å². The van der Waals surface area contributed by atoms with Crippen LogP contribution in [-0.4, -0.2) is 23.8 Å². The molecule has 1 heterocycles. The van der Waals surface area contributed by atoms with Crippen molar-refractivity contribution in [2.75, 3.05) is 18.5 Å². The minimum absolute atomic E-state index is 0.774. The summed E-state index contributed by atoms with van der Waals surface area (Å²) in [6.07, 6.45) is 1.13. The van der Waals surface area contributed by atoms with Crippen molar-refractivity contribution in [1.82, 2.24) is 15.5 Å². The molecule has 1 aromatic heterocycles. The van der Waals surface area contributed by atoms with Crippen LogP contribution in [0.3, 0.4) is 0 Å². The van der Waals surface area contributed by atoms with E-state index in [1.165, 1.54) is 5.56 Å². The molecule has 0 spiro atoms. The van der Waals surface area contributed by atoms with Crippen LogP contribution in [0.15, 0.2) is 40.9 Å². The number of rotatable bonds is 7. The zero-order valence-electron chi connectivity index (χ0n) is 12.5. The molecule has 0 fully saturated rings. The Labute approximate surface area is 134 Å². The van der Waals surface area contributed by atoms with Gasteiger partial charge >= 0.3 is 0 Å². The molecule has 1 aromatic carbocycles. The maximum Gasteiger partial charge on any atom is 0.151 e. The molecule has 0 bridgehead atoms. The standard InChI is InChI=1S/C16H21BrN4/c1-3-9-18-11-15-7-8-16(20-19-15)21(2)12-13-5-4-6-14(17)10-13/h4-8,10,18H,3,9,11-12H2,1-2H3. The smallest absolute Gasteiger partial charge is 0.151 e. The molecule has 0 saturated heterocycles. The molecule has 0 amide bonds. The molecule has 0 aliphatic rings. The van der Waals surface area contributed by atoms with Crippen LogP contribution in [-0.2, 0) is 13.1 Å². The van der Waals surface area contributed by atoms with Gasteiger partial charge in [-0.3, -0.25) is 0 Å². The van der Waals surface area contributed by atoms with Crippen LogP contribution < -0.4 is 10.2 Å². The summed E-state index contributed by atoms with van der Waals surface area (Å²) in [5.41, 5.74) is 2.21. The summed E-state index contributed by atoms with van der Waals surface area (Å²) in [7, 11) is 2.03. The van der Waals surface area contributed by atoms with Crippen LogP contribution >= 0.6 is 15.9 Å². The van der Waals surface area contributed by atoms with E-state index in [2.05, 4.69) is 55.4 Å².